The molecular weight excluding hydrogens is 272 g/mol. The van der Waals surface area contributed by atoms with Gasteiger partial charge in [-0.05, 0) is 48.9 Å². The predicted octanol–water partition coefficient (Wildman–Crippen LogP) is 5.05. The highest BCUT2D eigenvalue weighted by Gasteiger charge is 2.03. The van der Waals surface area contributed by atoms with Gasteiger partial charge in [-0.1, -0.05) is 49.2 Å². The molecule has 0 aliphatic carbocycles. The fourth-order valence-corrected chi connectivity index (χ4v) is 2.80. The fraction of sp³-hybridized carbons (Fsp3) is 0.400. The van der Waals surface area contributed by atoms with E-state index in [4.69, 9.17) is 9.47 Å². The first kappa shape index (κ1) is 16.4. The zero-order valence-corrected chi connectivity index (χ0v) is 13.7. The monoisotopic (exact) mass is 298 g/mol. The standard InChI is InChI=1S/C20H26O2/c1-21-19-15-9-7-13-17(19)11-5-3-4-6-12-18-14-8-10-16-20(18)22-2/h7-10,13-16H,3-6,11-12H2,1-2H3. The lowest BCUT2D eigenvalue weighted by Crippen LogP contribution is -1.94. The molecule has 0 radical (unpaired) electrons. The fourth-order valence-electron chi connectivity index (χ4n) is 2.80. The molecule has 0 unspecified atom stereocenters. The van der Waals surface area contributed by atoms with Crippen molar-refractivity contribution >= 4 is 0 Å². The summed E-state index contributed by atoms with van der Waals surface area (Å²) in [6.07, 6.45) is 7.14. The SMILES string of the molecule is COc1ccccc1CCCCCCc1ccccc1OC. The van der Waals surface area contributed by atoms with Gasteiger partial charge in [0.15, 0.2) is 0 Å². The number of ether oxygens (including phenoxy) is 2. The Balaban J connectivity index is 1.67. The Morgan fingerprint density at radius 1 is 0.591 bits per heavy atom. The van der Waals surface area contributed by atoms with Crippen LogP contribution in [0.25, 0.3) is 0 Å². The van der Waals surface area contributed by atoms with Crippen LogP contribution in [0.1, 0.15) is 36.8 Å². The van der Waals surface area contributed by atoms with Gasteiger partial charge in [0, 0.05) is 0 Å². The molecular formula is C20H26O2. The van der Waals surface area contributed by atoms with Crippen molar-refractivity contribution in [1.82, 2.24) is 0 Å². The quantitative estimate of drug-likeness (QED) is 0.603. The second-order valence-electron chi connectivity index (χ2n) is 5.54. The van der Waals surface area contributed by atoms with E-state index in [0.717, 1.165) is 24.3 Å². The molecule has 0 aliphatic rings. The van der Waals surface area contributed by atoms with Crippen molar-refractivity contribution in [1.29, 1.82) is 0 Å². The maximum absolute atomic E-state index is 5.39. The third-order valence-corrected chi connectivity index (χ3v) is 4.03. The Kier molecular flexibility index (Phi) is 6.82. The first-order valence-corrected chi connectivity index (χ1v) is 8.09. The van der Waals surface area contributed by atoms with Gasteiger partial charge in [0.25, 0.3) is 0 Å². The van der Waals surface area contributed by atoms with Crippen LogP contribution in [-0.4, -0.2) is 14.2 Å². The predicted molar refractivity (Wildman–Crippen MR) is 91.9 cm³/mol. The Morgan fingerprint density at radius 3 is 1.41 bits per heavy atom. The van der Waals surface area contributed by atoms with Crippen LogP contribution in [0.3, 0.4) is 0 Å². The van der Waals surface area contributed by atoms with Crippen LogP contribution in [0, 0.1) is 0 Å². The van der Waals surface area contributed by atoms with Gasteiger partial charge < -0.3 is 9.47 Å². The van der Waals surface area contributed by atoms with Gasteiger partial charge in [-0.15, -0.1) is 0 Å². The molecule has 0 atom stereocenters. The zero-order valence-electron chi connectivity index (χ0n) is 13.7. The van der Waals surface area contributed by atoms with E-state index in [-0.39, 0.29) is 0 Å². The van der Waals surface area contributed by atoms with Crippen LogP contribution in [0.15, 0.2) is 48.5 Å². The molecule has 22 heavy (non-hydrogen) atoms. The average Bonchev–Trinajstić information content (AvgIpc) is 2.58. The summed E-state index contributed by atoms with van der Waals surface area (Å²) in [6, 6.07) is 16.6. The molecule has 0 saturated heterocycles. The molecule has 0 fully saturated rings. The van der Waals surface area contributed by atoms with Gasteiger partial charge in [-0.3, -0.25) is 0 Å². The molecule has 0 saturated carbocycles. The van der Waals surface area contributed by atoms with E-state index in [1.54, 1.807) is 14.2 Å². The minimum Gasteiger partial charge on any atom is -0.496 e. The lowest BCUT2D eigenvalue weighted by Gasteiger charge is -2.09. The second kappa shape index (κ2) is 9.14. The highest BCUT2D eigenvalue weighted by Crippen LogP contribution is 2.22. The number of hydrogen-bond acceptors (Lipinski definition) is 2. The van der Waals surface area contributed by atoms with Gasteiger partial charge in [0.05, 0.1) is 14.2 Å². The van der Waals surface area contributed by atoms with Crippen LogP contribution < -0.4 is 9.47 Å². The van der Waals surface area contributed by atoms with Crippen LogP contribution >= 0.6 is 0 Å². The molecule has 0 bridgehead atoms. The first-order chi connectivity index (χ1) is 10.8. The van der Waals surface area contributed by atoms with E-state index in [2.05, 4.69) is 24.3 Å². The van der Waals surface area contributed by atoms with Crippen molar-refractivity contribution in [2.45, 2.75) is 38.5 Å². The average molecular weight is 298 g/mol. The Labute approximate surface area is 134 Å². The molecule has 2 heteroatoms. The largest absolute Gasteiger partial charge is 0.496 e. The van der Waals surface area contributed by atoms with Gasteiger partial charge in [-0.25, -0.2) is 0 Å². The summed E-state index contributed by atoms with van der Waals surface area (Å²) in [6.45, 7) is 0. The maximum atomic E-state index is 5.39. The smallest absolute Gasteiger partial charge is 0.122 e. The lowest BCUT2D eigenvalue weighted by atomic mass is 10.0. The normalized spacial score (nSPS) is 10.5. The Hall–Kier alpha value is -1.96. The summed E-state index contributed by atoms with van der Waals surface area (Å²) in [4.78, 5) is 0. The number of methoxy groups -OCH3 is 2. The first-order valence-electron chi connectivity index (χ1n) is 8.09. The molecule has 0 aromatic heterocycles. The number of benzene rings is 2. The van der Waals surface area contributed by atoms with E-state index >= 15 is 0 Å². The Bertz CT molecular complexity index is 512. The lowest BCUT2D eigenvalue weighted by molar-refractivity contribution is 0.407. The third kappa shape index (κ3) is 4.80. The molecule has 0 N–H and O–H groups in total. The van der Waals surface area contributed by atoms with Crippen molar-refractivity contribution < 1.29 is 9.47 Å². The van der Waals surface area contributed by atoms with Gasteiger partial charge in [-0.2, -0.15) is 0 Å². The van der Waals surface area contributed by atoms with E-state index in [1.807, 2.05) is 24.3 Å². The van der Waals surface area contributed by atoms with Crippen molar-refractivity contribution in [2.24, 2.45) is 0 Å². The summed E-state index contributed by atoms with van der Waals surface area (Å²) in [5.41, 5.74) is 2.63. The number of rotatable bonds is 9. The number of aryl methyl sites for hydroxylation is 2. The second-order valence-corrected chi connectivity index (χ2v) is 5.54. The van der Waals surface area contributed by atoms with Crippen molar-refractivity contribution in [2.75, 3.05) is 14.2 Å². The highest BCUT2D eigenvalue weighted by molar-refractivity contribution is 5.33. The number of hydrogen-bond donors (Lipinski definition) is 0. The van der Waals surface area contributed by atoms with Gasteiger partial charge in [0.2, 0.25) is 0 Å². The molecule has 118 valence electrons. The van der Waals surface area contributed by atoms with Crippen molar-refractivity contribution in [3.63, 3.8) is 0 Å². The van der Waals surface area contributed by atoms with E-state index in [0.29, 0.717) is 0 Å². The van der Waals surface area contributed by atoms with Crippen molar-refractivity contribution in [3.8, 4) is 11.5 Å². The number of para-hydroxylation sites is 2. The van der Waals surface area contributed by atoms with Crippen LogP contribution in [0.5, 0.6) is 11.5 Å². The molecule has 0 heterocycles. The minimum atomic E-state index is 1.01. The summed E-state index contributed by atoms with van der Waals surface area (Å²) in [5, 5.41) is 0. The van der Waals surface area contributed by atoms with Gasteiger partial charge in [0.1, 0.15) is 11.5 Å². The topological polar surface area (TPSA) is 18.5 Å². The van der Waals surface area contributed by atoms with E-state index in [1.165, 1.54) is 36.8 Å². The summed E-state index contributed by atoms with van der Waals surface area (Å²) >= 11 is 0. The number of unbranched alkanes of at least 4 members (excludes halogenated alkanes) is 3. The van der Waals surface area contributed by atoms with Gasteiger partial charge >= 0.3 is 0 Å². The Morgan fingerprint density at radius 2 is 1.00 bits per heavy atom. The molecule has 0 amide bonds. The minimum absolute atomic E-state index is 1.01. The molecule has 2 aromatic rings. The molecule has 2 aromatic carbocycles. The third-order valence-electron chi connectivity index (χ3n) is 4.03. The van der Waals surface area contributed by atoms with Crippen LogP contribution in [-0.2, 0) is 12.8 Å². The van der Waals surface area contributed by atoms with E-state index in [9.17, 15) is 0 Å². The molecule has 2 nitrogen and oxygen atoms in total. The summed E-state index contributed by atoms with van der Waals surface area (Å²) in [5.74, 6) is 2.02. The van der Waals surface area contributed by atoms with E-state index < -0.39 is 0 Å². The highest BCUT2D eigenvalue weighted by atomic mass is 16.5. The van der Waals surface area contributed by atoms with Crippen LogP contribution in [0.2, 0.25) is 0 Å². The van der Waals surface area contributed by atoms with Crippen molar-refractivity contribution in [3.05, 3.63) is 59.7 Å². The summed E-state index contributed by atoms with van der Waals surface area (Å²) < 4.78 is 10.8. The maximum Gasteiger partial charge on any atom is 0.122 e. The van der Waals surface area contributed by atoms with Crippen LogP contribution in [0.4, 0.5) is 0 Å². The zero-order chi connectivity index (χ0) is 15.6. The molecule has 0 spiro atoms. The molecule has 2 rings (SSSR count). The summed E-state index contributed by atoms with van der Waals surface area (Å²) in [7, 11) is 3.48. The molecule has 0 aliphatic heterocycles.